The van der Waals surface area contributed by atoms with Crippen LogP contribution >= 0.6 is 27.3 Å². The molecule has 0 aliphatic heterocycles. The highest BCUT2D eigenvalue weighted by atomic mass is 79.9. The van der Waals surface area contributed by atoms with Crippen LogP contribution in [0.5, 0.6) is 0 Å². The van der Waals surface area contributed by atoms with Crippen molar-refractivity contribution in [1.29, 1.82) is 0 Å². The minimum absolute atomic E-state index is 0.186. The molecule has 0 aliphatic carbocycles. The molecule has 1 aromatic carbocycles. The van der Waals surface area contributed by atoms with E-state index in [1.54, 1.807) is 29.5 Å². The molecule has 0 fully saturated rings. The molecule has 1 unspecified atom stereocenters. The fourth-order valence-electron chi connectivity index (χ4n) is 2.13. The van der Waals surface area contributed by atoms with Crippen LogP contribution < -0.4 is 5.73 Å². The minimum atomic E-state index is -0.779. The molecule has 0 bridgehead atoms. The lowest BCUT2D eigenvalue weighted by Crippen LogP contribution is -2.41. The van der Waals surface area contributed by atoms with Crippen LogP contribution in [0.15, 0.2) is 40.2 Å². The minimum Gasteiger partial charge on any atom is -0.395 e. The number of halogens is 2. The van der Waals surface area contributed by atoms with E-state index in [-0.39, 0.29) is 19.0 Å². The number of benzene rings is 1. The molecule has 0 spiro atoms. The normalized spacial score (nSPS) is 14.3. The molecular formula is C14H15BrFNOS. The van der Waals surface area contributed by atoms with Crippen molar-refractivity contribution in [2.75, 3.05) is 13.2 Å². The Morgan fingerprint density at radius 2 is 2.05 bits per heavy atom. The zero-order valence-corrected chi connectivity index (χ0v) is 12.7. The van der Waals surface area contributed by atoms with Crippen molar-refractivity contribution in [2.45, 2.75) is 11.8 Å². The topological polar surface area (TPSA) is 46.2 Å². The van der Waals surface area contributed by atoms with Crippen molar-refractivity contribution < 1.29 is 9.50 Å². The maximum Gasteiger partial charge on any atom is 0.127 e. The Hall–Kier alpha value is -0.750. The van der Waals surface area contributed by atoms with E-state index in [4.69, 9.17) is 5.73 Å². The molecule has 102 valence electrons. The second kappa shape index (κ2) is 6.13. The molecule has 2 rings (SSSR count). The van der Waals surface area contributed by atoms with Crippen LogP contribution in [0.4, 0.5) is 4.39 Å². The first-order chi connectivity index (χ1) is 9.13. The van der Waals surface area contributed by atoms with Crippen molar-refractivity contribution in [3.63, 3.8) is 0 Å². The molecule has 0 saturated heterocycles. The van der Waals surface area contributed by atoms with Crippen LogP contribution in [-0.2, 0) is 11.8 Å². The average molecular weight is 344 g/mol. The van der Waals surface area contributed by atoms with Crippen LogP contribution in [0, 0.1) is 5.82 Å². The van der Waals surface area contributed by atoms with Gasteiger partial charge >= 0.3 is 0 Å². The van der Waals surface area contributed by atoms with Crippen molar-refractivity contribution in [2.24, 2.45) is 5.73 Å². The molecule has 0 aliphatic rings. The maximum atomic E-state index is 14.0. The molecule has 0 saturated carbocycles. The van der Waals surface area contributed by atoms with E-state index in [1.807, 2.05) is 11.4 Å². The van der Waals surface area contributed by atoms with E-state index in [0.717, 1.165) is 9.35 Å². The molecule has 5 heteroatoms. The molecule has 2 aromatic rings. The summed E-state index contributed by atoms with van der Waals surface area (Å²) < 4.78 is 15.0. The molecule has 1 heterocycles. The van der Waals surface area contributed by atoms with Crippen molar-refractivity contribution in [3.8, 4) is 0 Å². The molecule has 2 nitrogen and oxygen atoms in total. The smallest absolute Gasteiger partial charge is 0.127 e. The van der Waals surface area contributed by atoms with Gasteiger partial charge in [-0.05, 0) is 45.4 Å². The lowest BCUT2D eigenvalue weighted by Gasteiger charge is -2.31. The van der Waals surface area contributed by atoms with Gasteiger partial charge in [-0.15, -0.1) is 11.3 Å². The van der Waals surface area contributed by atoms with Gasteiger partial charge in [0.2, 0.25) is 0 Å². The number of nitrogens with two attached hydrogens (primary N) is 1. The Morgan fingerprint density at radius 3 is 2.58 bits per heavy atom. The highest BCUT2D eigenvalue weighted by Crippen LogP contribution is 2.34. The van der Waals surface area contributed by atoms with E-state index in [9.17, 15) is 9.50 Å². The first kappa shape index (κ1) is 14.7. The highest BCUT2D eigenvalue weighted by molar-refractivity contribution is 9.10. The number of rotatable bonds is 5. The van der Waals surface area contributed by atoms with Gasteiger partial charge in [0.25, 0.3) is 0 Å². The quantitative estimate of drug-likeness (QED) is 0.876. The monoisotopic (exact) mass is 343 g/mol. The van der Waals surface area contributed by atoms with Crippen LogP contribution in [0.3, 0.4) is 0 Å². The Labute approximate surface area is 124 Å². The van der Waals surface area contributed by atoms with Crippen molar-refractivity contribution >= 4 is 27.3 Å². The summed E-state index contributed by atoms with van der Waals surface area (Å²) in [7, 11) is 0. The lowest BCUT2D eigenvalue weighted by atomic mass is 9.77. The fraction of sp³-hybridized carbons (Fsp3) is 0.286. The zero-order valence-electron chi connectivity index (χ0n) is 10.3. The largest absolute Gasteiger partial charge is 0.395 e. The highest BCUT2D eigenvalue weighted by Gasteiger charge is 2.34. The van der Waals surface area contributed by atoms with E-state index < -0.39 is 5.41 Å². The maximum absolute atomic E-state index is 14.0. The second-order valence-electron chi connectivity index (χ2n) is 4.49. The van der Waals surface area contributed by atoms with E-state index in [0.29, 0.717) is 12.0 Å². The number of hydrogen-bond acceptors (Lipinski definition) is 3. The predicted octanol–water partition coefficient (Wildman–Crippen LogP) is 3.08. The Balaban J connectivity index is 2.44. The molecular weight excluding hydrogens is 329 g/mol. The number of aliphatic hydroxyl groups is 1. The van der Waals surface area contributed by atoms with E-state index in [2.05, 4.69) is 15.9 Å². The second-order valence-corrected chi connectivity index (χ2v) is 6.35. The van der Waals surface area contributed by atoms with Crippen molar-refractivity contribution in [3.05, 3.63) is 56.4 Å². The van der Waals surface area contributed by atoms with Gasteiger partial charge in [-0.25, -0.2) is 4.39 Å². The van der Waals surface area contributed by atoms with Gasteiger partial charge in [-0.1, -0.05) is 18.2 Å². The SMILES string of the molecule is NCC(CO)(Cc1sccc1Br)c1ccccc1F. The third-order valence-electron chi connectivity index (χ3n) is 3.33. The fourth-order valence-corrected chi connectivity index (χ4v) is 3.77. The lowest BCUT2D eigenvalue weighted by molar-refractivity contribution is 0.193. The van der Waals surface area contributed by atoms with Gasteiger partial charge in [0, 0.05) is 21.3 Å². The average Bonchev–Trinajstić information content (AvgIpc) is 2.82. The zero-order chi connectivity index (χ0) is 13.9. The van der Waals surface area contributed by atoms with E-state index in [1.165, 1.54) is 6.07 Å². The molecule has 3 N–H and O–H groups in total. The number of aliphatic hydroxyl groups excluding tert-OH is 1. The first-order valence-corrected chi connectivity index (χ1v) is 7.58. The van der Waals surface area contributed by atoms with Gasteiger partial charge in [-0.2, -0.15) is 0 Å². The third kappa shape index (κ3) is 2.89. The van der Waals surface area contributed by atoms with Crippen LogP contribution in [-0.4, -0.2) is 18.3 Å². The summed E-state index contributed by atoms with van der Waals surface area (Å²) in [4.78, 5) is 1.06. The molecule has 19 heavy (non-hydrogen) atoms. The van der Waals surface area contributed by atoms with Gasteiger partial charge < -0.3 is 10.8 Å². The van der Waals surface area contributed by atoms with Crippen molar-refractivity contribution in [1.82, 2.24) is 0 Å². The van der Waals surface area contributed by atoms with Gasteiger partial charge in [0.05, 0.1) is 6.61 Å². The summed E-state index contributed by atoms with van der Waals surface area (Å²) >= 11 is 5.03. The molecule has 1 atom stereocenters. The predicted molar refractivity (Wildman–Crippen MR) is 79.9 cm³/mol. The van der Waals surface area contributed by atoms with E-state index >= 15 is 0 Å². The summed E-state index contributed by atoms with van der Waals surface area (Å²) in [6.07, 6.45) is 0.513. The van der Waals surface area contributed by atoms with Gasteiger partial charge in [0.1, 0.15) is 5.82 Å². The molecule has 0 amide bonds. The van der Waals surface area contributed by atoms with Crippen LogP contribution in [0.1, 0.15) is 10.4 Å². The Morgan fingerprint density at radius 1 is 1.32 bits per heavy atom. The summed E-state index contributed by atoms with van der Waals surface area (Å²) in [6, 6.07) is 8.44. The van der Waals surface area contributed by atoms with Crippen LogP contribution in [0.25, 0.3) is 0 Å². The third-order valence-corrected chi connectivity index (χ3v) is 5.25. The van der Waals surface area contributed by atoms with Gasteiger partial charge in [0.15, 0.2) is 0 Å². The molecule has 0 radical (unpaired) electrons. The standard InChI is InChI=1S/C14H15BrFNOS/c15-11-5-6-19-13(11)7-14(8-17,9-18)10-3-1-2-4-12(10)16/h1-6,18H,7-9,17H2. The Kier molecular flexibility index (Phi) is 4.73. The molecule has 1 aromatic heterocycles. The summed E-state index contributed by atoms with van der Waals surface area (Å²) in [6.45, 7) is 0.00352. The summed E-state index contributed by atoms with van der Waals surface area (Å²) in [5, 5.41) is 11.7. The number of hydrogen-bond donors (Lipinski definition) is 2. The first-order valence-electron chi connectivity index (χ1n) is 5.91. The van der Waals surface area contributed by atoms with Crippen LogP contribution in [0.2, 0.25) is 0 Å². The summed E-state index contributed by atoms with van der Waals surface area (Å²) in [5.41, 5.74) is 5.54. The summed E-state index contributed by atoms with van der Waals surface area (Å²) in [5.74, 6) is -0.324. The van der Waals surface area contributed by atoms with Gasteiger partial charge in [-0.3, -0.25) is 0 Å². The Bertz CT molecular complexity index is 554. The number of thiophene rings is 1.